The van der Waals surface area contributed by atoms with Gasteiger partial charge in [0.2, 0.25) is 0 Å². The fourth-order valence-corrected chi connectivity index (χ4v) is 4.67. The molecule has 4 nitrogen and oxygen atoms in total. The molecule has 4 heteroatoms. The summed E-state index contributed by atoms with van der Waals surface area (Å²) >= 11 is 0. The lowest BCUT2D eigenvalue weighted by Crippen LogP contribution is -2.07. The van der Waals surface area contributed by atoms with E-state index in [0.29, 0.717) is 36.7 Å². The Morgan fingerprint density at radius 2 is 1.05 bits per heavy atom. The Bertz CT molecular complexity index is 1500. The van der Waals surface area contributed by atoms with E-state index >= 15 is 0 Å². The lowest BCUT2D eigenvalue weighted by Gasteiger charge is -2.10. The average Bonchev–Trinajstić information content (AvgIpc) is 3.07. The molecule has 44 heavy (non-hydrogen) atoms. The van der Waals surface area contributed by atoms with Crippen molar-refractivity contribution >= 4 is 11.6 Å². The Morgan fingerprint density at radius 1 is 0.591 bits per heavy atom. The Balaban J connectivity index is 0.000000194. The zero-order valence-corrected chi connectivity index (χ0v) is 26.4. The molecule has 226 valence electrons. The summed E-state index contributed by atoms with van der Waals surface area (Å²) in [5, 5.41) is 0. The van der Waals surface area contributed by atoms with Crippen LogP contribution in [0.15, 0.2) is 134 Å². The zero-order valence-electron chi connectivity index (χ0n) is 26.4. The molecular weight excluding hydrogens is 540 g/mol. The summed E-state index contributed by atoms with van der Waals surface area (Å²) in [4.78, 5) is 32.2. The zero-order chi connectivity index (χ0) is 31.6. The van der Waals surface area contributed by atoms with Gasteiger partial charge in [-0.1, -0.05) is 142 Å². The SMILES string of the molecule is CCc1ccccc1.C[C@@H](CC(=O)Cc1ccccc1)c1ccccc1.Cc1cnc(C(=O)C[C@H](C)c2ccccc2)cn1. The van der Waals surface area contributed by atoms with Crippen LogP contribution in [-0.2, 0) is 17.6 Å². The summed E-state index contributed by atoms with van der Waals surface area (Å²) in [5.41, 5.74) is 6.19. The van der Waals surface area contributed by atoms with E-state index < -0.39 is 0 Å². The molecule has 1 aromatic heterocycles. The minimum absolute atomic E-state index is 0.0406. The first-order valence-electron chi connectivity index (χ1n) is 15.4. The molecule has 5 rings (SSSR count). The highest BCUT2D eigenvalue weighted by molar-refractivity contribution is 5.94. The third-order valence-electron chi connectivity index (χ3n) is 7.32. The first-order chi connectivity index (χ1) is 21.4. The van der Waals surface area contributed by atoms with E-state index in [1.165, 1.54) is 16.7 Å². The molecule has 1 heterocycles. The molecule has 0 spiro atoms. The molecule has 0 N–H and O–H groups in total. The van der Waals surface area contributed by atoms with E-state index in [1.807, 2.05) is 91.9 Å². The van der Waals surface area contributed by atoms with Gasteiger partial charge in [-0.05, 0) is 47.4 Å². The van der Waals surface area contributed by atoms with Crippen molar-refractivity contribution in [1.29, 1.82) is 0 Å². The summed E-state index contributed by atoms with van der Waals surface area (Å²) in [6, 6.07) is 40.6. The van der Waals surface area contributed by atoms with Crippen LogP contribution in [0.5, 0.6) is 0 Å². The van der Waals surface area contributed by atoms with Crippen molar-refractivity contribution in [3.8, 4) is 0 Å². The third kappa shape index (κ3) is 12.3. The van der Waals surface area contributed by atoms with Gasteiger partial charge >= 0.3 is 0 Å². The van der Waals surface area contributed by atoms with Gasteiger partial charge in [-0.25, -0.2) is 4.98 Å². The van der Waals surface area contributed by atoms with E-state index in [1.54, 1.807) is 12.4 Å². The van der Waals surface area contributed by atoms with Gasteiger partial charge in [-0.2, -0.15) is 0 Å². The normalized spacial score (nSPS) is 11.5. The van der Waals surface area contributed by atoms with Crippen LogP contribution in [-0.4, -0.2) is 21.5 Å². The third-order valence-corrected chi connectivity index (χ3v) is 7.32. The first kappa shape index (κ1) is 33.8. The summed E-state index contributed by atoms with van der Waals surface area (Å²) < 4.78 is 0. The van der Waals surface area contributed by atoms with Crippen LogP contribution >= 0.6 is 0 Å². The van der Waals surface area contributed by atoms with E-state index in [9.17, 15) is 9.59 Å². The monoisotopic (exact) mass is 584 g/mol. The van der Waals surface area contributed by atoms with Gasteiger partial charge in [-0.15, -0.1) is 0 Å². The molecule has 2 atom stereocenters. The number of ketones is 2. The number of rotatable bonds is 10. The molecule has 0 saturated carbocycles. The Labute approximate surface area is 263 Å². The molecule has 0 amide bonds. The lowest BCUT2D eigenvalue weighted by atomic mass is 9.93. The van der Waals surface area contributed by atoms with Crippen LogP contribution in [0.2, 0.25) is 0 Å². The maximum atomic E-state index is 12.0. The second-order valence-corrected chi connectivity index (χ2v) is 11.0. The van der Waals surface area contributed by atoms with Crippen molar-refractivity contribution in [3.63, 3.8) is 0 Å². The summed E-state index contributed by atoms with van der Waals surface area (Å²) in [7, 11) is 0. The second kappa shape index (κ2) is 18.8. The highest BCUT2D eigenvalue weighted by Crippen LogP contribution is 2.21. The average molecular weight is 585 g/mol. The molecule has 0 radical (unpaired) electrons. The lowest BCUT2D eigenvalue weighted by molar-refractivity contribution is -0.118. The molecule has 0 aliphatic heterocycles. The van der Waals surface area contributed by atoms with Gasteiger partial charge in [-0.3, -0.25) is 14.6 Å². The predicted molar refractivity (Wildman–Crippen MR) is 181 cm³/mol. The topological polar surface area (TPSA) is 59.9 Å². The molecule has 0 unspecified atom stereocenters. The second-order valence-electron chi connectivity index (χ2n) is 11.0. The summed E-state index contributed by atoms with van der Waals surface area (Å²) in [6.45, 7) is 8.18. The first-order valence-corrected chi connectivity index (χ1v) is 15.4. The highest BCUT2D eigenvalue weighted by Gasteiger charge is 2.14. The minimum Gasteiger partial charge on any atom is -0.299 e. The quantitative estimate of drug-likeness (QED) is 0.153. The number of nitrogens with zero attached hydrogens (tertiary/aromatic N) is 2. The van der Waals surface area contributed by atoms with Crippen molar-refractivity contribution < 1.29 is 9.59 Å². The Hall–Kier alpha value is -4.70. The molecule has 5 aromatic rings. The number of Topliss-reactive ketones (excluding diaryl/α,β-unsaturated/α-hetero) is 2. The molecule has 0 aliphatic carbocycles. The predicted octanol–water partition coefficient (Wildman–Crippen LogP) is 9.40. The van der Waals surface area contributed by atoms with Gasteiger partial charge in [0.15, 0.2) is 5.78 Å². The number of benzene rings is 4. The minimum atomic E-state index is 0.0406. The van der Waals surface area contributed by atoms with Gasteiger partial charge < -0.3 is 0 Å². The number of hydrogen-bond acceptors (Lipinski definition) is 4. The van der Waals surface area contributed by atoms with Gasteiger partial charge in [0, 0.05) is 25.5 Å². The fourth-order valence-electron chi connectivity index (χ4n) is 4.67. The van der Waals surface area contributed by atoms with Crippen molar-refractivity contribution in [1.82, 2.24) is 9.97 Å². The smallest absolute Gasteiger partial charge is 0.183 e. The standard InChI is InChI=1S/C17H18O.C15H16N2O.C8H10/c1-14(16-10-6-3-7-11-16)12-17(18)13-15-8-4-2-5-9-15;1-11(13-6-4-3-5-7-13)8-15(18)14-10-16-12(2)9-17-14;1-2-8-6-4-3-5-7-8/h2-11,14H,12-13H2,1H3;3-7,9-11H,8H2,1-2H3;3-7H,2H2,1H3/t14-;11-;/m00./s1. The maximum absolute atomic E-state index is 12.0. The molecule has 0 saturated heterocycles. The van der Waals surface area contributed by atoms with Crippen molar-refractivity contribution in [2.75, 3.05) is 0 Å². The van der Waals surface area contributed by atoms with Gasteiger partial charge in [0.05, 0.1) is 11.9 Å². The van der Waals surface area contributed by atoms with Crippen LogP contribution < -0.4 is 0 Å². The highest BCUT2D eigenvalue weighted by atomic mass is 16.1. The van der Waals surface area contributed by atoms with Crippen molar-refractivity contribution in [2.45, 2.75) is 65.2 Å². The van der Waals surface area contributed by atoms with Gasteiger partial charge in [0.25, 0.3) is 0 Å². The Morgan fingerprint density at radius 3 is 1.48 bits per heavy atom. The van der Waals surface area contributed by atoms with Crippen LogP contribution in [0.3, 0.4) is 0 Å². The number of carbonyl (C=O) groups excluding carboxylic acids is 2. The van der Waals surface area contributed by atoms with Crippen molar-refractivity contribution in [2.24, 2.45) is 0 Å². The van der Waals surface area contributed by atoms with E-state index in [-0.39, 0.29) is 11.7 Å². The summed E-state index contributed by atoms with van der Waals surface area (Å²) in [5.74, 6) is 0.834. The molecule has 0 aliphatic rings. The number of aromatic nitrogens is 2. The molecular formula is C40H44N2O2. The largest absolute Gasteiger partial charge is 0.299 e. The van der Waals surface area contributed by atoms with Crippen LogP contribution in [0.1, 0.15) is 83.9 Å². The number of hydrogen-bond donors (Lipinski definition) is 0. The van der Waals surface area contributed by atoms with Crippen LogP contribution in [0, 0.1) is 6.92 Å². The van der Waals surface area contributed by atoms with E-state index in [2.05, 4.69) is 67.1 Å². The van der Waals surface area contributed by atoms with Crippen molar-refractivity contribution in [3.05, 3.63) is 167 Å². The van der Waals surface area contributed by atoms with Crippen LogP contribution in [0.4, 0.5) is 0 Å². The van der Waals surface area contributed by atoms with E-state index in [4.69, 9.17) is 0 Å². The number of carbonyl (C=O) groups is 2. The van der Waals surface area contributed by atoms with Gasteiger partial charge in [0.1, 0.15) is 11.5 Å². The molecule has 4 aromatic carbocycles. The maximum Gasteiger partial charge on any atom is 0.183 e. The number of aryl methyl sites for hydroxylation is 2. The molecule has 0 fully saturated rings. The fraction of sp³-hybridized carbons (Fsp3) is 0.250. The van der Waals surface area contributed by atoms with Crippen LogP contribution in [0.25, 0.3) is 0 Å². The Kier molecular flexibility index (Phi) is 14.4. The summed E-state index contributed by atoms with van der Waals surface area (Å²) in [6.07, 6.45) is 5.93. The van der Waals surface area contributed by atoms with E-state index in [0.717, 1.165) is 17.7 Å². The molecule has 0 bridgehead atoms.